The number of carbonyl (C=O) groups excluding carboxylic acids is 1. The van der Waals surface area contributed by atoms with E-state index in [2.05, 4.69) is 23.7 Å². The Balaban J connectivity index is 1.61. The second kappa shape index (κ2) is 8.25. The number of nitrogens with zero attached hydrogens (tertiary/aromatic N) is 3. The number of ether oxygens (including phenoxy) is 1. The lowest BCUT2D eigenvalue weighted by Gasteiger charge is -2.41. The molecular weight excluding hydrogens is 346 g/mol. The van der Waals surface area contributed by atoms with E-state index in [9.17, 15) is 9.59 Å². The molecule has 1 amide bonds. The molecule has 0 radical (unpaired) electrons. The van der Waals surface area contributed by atoms with Gasteiger partial charge in [-0.1, -0.05) is 13.8 Å². The number of carboxylic acids is 1. The van der Waals surface area contributed by atoms with E-state index in [0.717, 1.165) is 44.6 Å². The van der Waals surface area contributed by atoms with Crippen molar-refractivity contribution in [3.63, 3.8) is 0 Å². The molecule has 3 heterocycles. The summed E-state index contributed by atoms with van der Waals surface area (Å²) in [6, 6.07) is 3.43. The molecule has 148 valence electrons. The Morgan fingerprint density at radius 2 is 2.07 bits per heavy atom. The highest BCUT2D eigenvalue weighted by Gasteiger charge is 2.40. The highest BCUT2D eigenvalue weighted by molar-refractivity contribution is 5.86. The number of hydrogen-bond acceptors (Lipinski definition) is 5. The maximum atomic E-state index is 12.7. The van der Waals surface area contributed by atoms with Crippen LogP contribution in [0.5, 0.6) is 0 Å². The summed E-state index contributed by atoms with van der Waals surface area (Å²) in [4.78, 5) is 31.8. The normalized spacial score (nSPS) is 20.2. The minimum atomic E-state index is -1.02. The molecule has 1 aromatic heterocycles. The fraction of sp³-hybridized carbons (Fsp3) is 0.650. The SMILES string of the molecule is CC(C)CCN1CCOC2(CCN(c3ccnc(C(=O)O)c3)CC2)CC1=O. The molecule has 0 unspecified atom stereocenters. The highest BCUT2D eigenvalue weighted by Crippen LogP contribution is 2.34. The summed E-state index contributed by atoms with van der Waals surface area (Å²) < 4.78 is 6.19. The van der Waals surface area contributed by atoms with Gasteiger partial charge in [0.2, 0.25) is 5.91 Å². The van der Waals surface area contributed by atoms with Crippen molar-refractivity contribution >= 4 is 17.6 Å². The van der Waals surface area contributed by atoms with Crippen LogP contribution >= 0.6 is 0 Å². The van der Waals surface area contributed by atoms with Gasteiger partial charge in [0.05, 0.1) is 18.6 Å². The zero-order valence-electron chi connectivity index (χ0n) is 16.2. The second-order valence-corrected chi connectivity index (χ2v) is 7.96. The van der Waals surface area contributed by atoms with Gasteiger partial charge in [0.15, 0.2) is 0 Å². The summed E-state index contributed by atoms with van der Waals surface area (Å²) in [5.41, 5.74) is 0.522. The number of aromatic nitrogens is 1. The number of amides is 1. The van der Waals surface area contributed by atoms with Gasteiger partial charge in [-0.2, -0.15) is 0 Å². The first-order valence-corrected chi connectivity index (χ1v) is 9.75. The number of anilines is 1. The van der Waals surface area contributed by atoms with Gasteiger partial charge in [0.25, 0.3) is 0 Å². The lowest BCUT2D eigenvalue weighted by molar-refractivity contribution is -0.134. The zero-order chi connectivity index (χ0) is 19.4. The summed E-state index contributed by atoms with van der Waals surface area (Å²) in [6.45, 7) is 7.88. The molecule has 0 aliphatic carbocycles. The molecule has 2 saturated heterocycles. The van der Waals surface area contributed by atoms with Crippen LogP contribution < -0.4 is 4.90 Å². The Labute approximate surface area is 160 Å². The van der Waals surface area contributed by atoms with Crippen molar-refractivity contribution in [1.82, 2.24) is 9.88 Å². The van der Waals surface area contributed by atoms with Crippen LogP contribution in [0.15, 0.2) is 18.3 Å². The number of rotatable bonds is 5. The first-order valence-electron chi connectivity index (χ1n) is 9.75. The Kier molecular flexibility index (Phi) is 5.99. The second-order valence-electron chi connectivity index (χ2n) is 7.96. The molecule has 0 saturated carbocycles. The van der Waals surface area contributed by atoms with Crippen LogP contribution in [0.2, 0.25) is 0 Å². The monoisotopic (exact) mass is 375 g/mol. The van der Waals surface area contributed by atoms with Gasteiger partial charge in [-0.3, -0.25) is 4.79 Å². The summed E-state index contributed by atoms with van der Waals surface area (Å²) >= 11 is 0. The van der Waals surface area contributed by atoms with Gasteiger partial charge in [-0.05, 0) is 37.3 Å². The molecule has 2 fully saturated rings. The summed E-state index contributed by atoms with van der Waals surface area (Å²) in [5, 5.41) is 9.13. The number of hydrogen-bond donors (Lipinski definition) is 1. The minimum absolute atomic E-state index is 0.0504. The van der Waals surface area contributed by atoms with Crippen LogP contribution in [-0.2, 0) is 9.53 Å². The minimum Gasteiger partial charge on any atom is -0.477 e. The van der Waals surface area contributed by atoms with E-state index in [1.54, 1.807) is 6.07 Å². The van der Waals surface area contributed by atoms with Crippen LogP contribution in [-0.4, -0.2) is 65.3 Å². The first-order chi connectivity index (χ1) is 12.9. The Bertz CT molecular complexity index is 684. The lowest BCUT2D eigenvalue weighted by atomic mass is 9.87. The first kappa shape index (κ1) is 19.6. The fourth-order valence-corrected chi connectivity index (χ4v) is 3.81. The van der Waals surface area contributed by atoms with E-state index >= 15 is 0 Å². The number of piperidine rings is 1. The third-order valence-corrected chi connectivity index (χ3v) is 5.57. The predicted octanol–water partition coefficient (Wildman–Crippen LogP) is 2.41. The van der Waals surface area contributed by atoms with Crippen molar-refractivity contribution in [1.29, 1.82) is 0 Å². The molecule has 0 bridgehead atoms. The van der Waals surface area contributed by atoms with Crippen molar-refractivity contribution in [2.24, 2.45) is 5.92 Å². The molecule has 0 atom stereocenters. The van der Waals surface area contributed by atoms with Gasteiger partial charge >= 0.3 is 5.97 Å². The van der Waals surface area contributed by atoms with Crippen LogP contribution in [0.3, 0.4) is 0 Å². The molecule has 3 rings (SSSR count). The zero-order valence-corrected chi connectivity index (χ0v) is 16.2. The van der Waals surface area contributed by atoms with E-state index in [1.165, 1.54) is 6.20 Å². The standard InChI is InChI=1S/C20H29N3O4/c1-15(2)4-8-23-11-12-27-20(14-18(23)24)5-9-22(10-6-20)16-3-7-21-17(13-16)19(25)26/h3,7,13,15H,4-6,8-12,14H2,1-2H3,(H,25,26). The van der Waals surface area contributed by atoms with E-state index < -0.39 is 5.97 Å². The smallest absolute Gasteiger partial charge is 0.354 e. The Hall–Kier alpha value is -2.15. The lowest BCUT2D eigenvalue weighted by Crippen LogP contribution is -2.47. The molecule has 0 aromatic carbocycles. The van der Waals surface area contributed by atoms with Crippen LogP contribution in [0, 0.1) is 5.92 Å². The van der Waals surface area contributed by atoms with Crippen LogP contribution in [0.1, 0.15) is 50.0 Å². The molecule has 7 nitrogen and oxygen atoms in total. The molecule has 1 N–H and O–H groups in total. The number of pyridine rings is 1. The van der Waals surface area contributed by atoms with E-state index in [4.69, 9.17) is 9.84 Å². The van der Waals surface area contributed by atoms with Gasteiger partial charge in [0, 0.05) is 38.1 Å². The Morgan fingerprint density at radius 3 is 2.74 bits per heavy atom. The molecule has 1 spiro atoms. The van der Waals surface area contributed by atoms with Crippen LogP contribution in [0.4, 0.5) is 5.69 Å². The third-order valence-electron chi connectivity index (χ3n) is 5.57. The van der Waals surface area contributed by atoms with Crippen molar-refractivity contribution in [2.75, 3.05) is 37.7 Å². The van der Waals surface area contributed by atoms with Gasteiger partial charge in [0.1, 0.15) is 5.69 Å². The quantitative estimate of drug-likeness (QED) is 0.851. The largest absolute Gasteiger partial charge is 0.477 e. The molecule has 1 aromatic rings. The molecule has 2 aliphatic rings. The van der Waals surface area contributed by atoms with E-state index in [1.807, 2.05) is 11.0 Å². The van der Waals surface area contributed by atoms with Crippen molar-refractivity contribution < 1.29 is 19.4 Å². The number of aromatic carboxylic acids is 1. The van der Waals surface area contributed by atoms with Crippen LogP contribution in [0.25, 0.3) is 0 Å². The maximum absolute atomic E-state index is 12.7. The number of carboxylic acid groups (broad SMARTS) is 1. The average Bonchev–Trinajstić information content (AvgIpc) is 2.79. The topological polar surface area (TPSA) is 83.0 Å². The molecular formula is C20H29N3O4. The maximum Gasteiger partial charge on any atom is 0.354 e. The summed E-state index contributed by atoms with van der Waals surface area (Å²) in [6.07, 6.45) is 4.51. The molecule has 7 heteroatoms. The Morgan fingerprint density at radius 1 is 1.33 bits per heavy atom. The van der Waals surface area contributed by atoms with Gasteiger partial charge in [-0.25, -0.2) is 9.78 Å². The summed E-state index contributed by atoms with van der Waals surface area (Å²) in [7, 11) is 0. The summed E-state index contributed by atoms with van der Waals surface area (Å²) in [5.74, 6) is -0.251. The van der Waals surface area contributed by atoms with Crippen molar-refractivity contribution in [2.45, 2.75) is 45.1 Å². The van der Waals surface area contributed by atoms with Crippen molar-refractivity contribution in [3.05, 3.63) is 24.0 Å². The van der Waals surface area contributed by atoms with E-state index in [0.29, 0.717) is 25.5 Å². The highest BCUT2D eigenvalue weighted by atomic mass is 16.5. The number of carbonyl (C=O) groups is 2. The molecule has 2 aliphatic heterocycles. The molecule has 27 heavy (non-hydrogen) atoms. The average molecular weight is 375 g/mol. The van der Waals surface area contributed by atoms with E-state index in [-0.39, 0.29) is 17.2 Å². The third kappa shape index (κ3) is 4.77. The van der Waals surface area contributed by atoms with Gasteiger partial charge < -0.3 is 19.6 Å². The predicted molar refractivity (Wildman–Crippen MR) is 102 cm³/mol. The van der Waals surface area contributed by atoms with Gasteiger partial charge in [-0.15, -0.1) is 0 Å². The van der Waals surface area contributed by atoms with Crippen molar-refractivity contribution in [3.8, 4) is 0 Å². The fourth-order valence-electron chi connectivity index (χ4n) is 3.81.